The quantitative estimate of drug-likeness (QED) is 0.736. The third kappa shape index (κ3) is 3.91. The zero-order valence-electron chi connectivity index (χ0n) is 15.4. The number of ether oxygens (including phenoxy) is 3. The fraction of sp³-hybridized carbons (Fsp3) is 0.182. The Morgan fingerprint density at radius 2 is 1.89 bits per heavy atom. The van der Waals surface area contributed by atoms with Crippen molar-refractivity contribution in [1.82, 2.24) is 10.3 Å². The van der Waals surface area contributed by atoms with Gasteiger partial charge < -0.3 is 19.5 Å². The van der Waals surface area contributed by atoms with E-state index >= 15 is 0 Å². The number of carbonyl (C=O) groups is 1. The number of hydrogen-bond donors (Lipinski definition) is 1. The minimum atomic E-state index is -0.702. The van der Waals surface area contributed by atoms with Crippen LogP contribution in [-0.2, 0) is 11.3 Å². The van der Waals surface area contributed by atoms with E-state index in [-0.39, 0.29) is 19.1 Å². The zero-order valence-corrected chi connectivity index (χ0v) is 15.4. The number of benzene rings is 2. The summed E-state index contributed by atoms with van der Waals surface area (Å²) < 4.78 is 17.3. The van der Waals surface area contributed by atoms with Gasteiger partial charge in [0.2, 0.25) is 12.0 Å². The highest BCUT2D eigenvalue weighted by Gasteiger charge is 2.27. The summed E-state index contributed by atoms with van der Waals surface area (Å²) in [6.45, 7) is 2.41. The molecule has 6 nitrogen and oxygen atoms in total. The summed E-state index contributed by atoms with van der Waals surface area (Å²) in [6, 6.07) is 18.7. The van der Waals surface area contributed by atoms with Gasteiger partial charge in [-0.05, 0) is 36.8 Å². The second-order valence-electron chi connectivity index (χ2n) is 6.42. The van der Waals surface area contributed by atoms with Crippen LogP contribution >= 0.6 is 0 Å². The highest BCUT2D eigenvalue weighted by atomic mass is 16.6. The van der Waals surface area contributed by atoms with E-state index < -0.39 is 6.10 Å². The van der Waals surface area contributed by atoms with Gasteiger partial charge in [0.15, 0.2) is 11.5 Å². The van der Waals surface area contributed by atoms with Crippen LogP contribution in [0.15, 0.2) is 66.9 Å². The Bertz CT molecular complexity index is 990. The predicted molar refractivity (Wildman–Crippen MR) is 104 cm³/mol. The van der Waals surface area contributed by atoms with Gasteiger partial charge in [0.05, 0.1) is 0 Å². The standard InChI is InChI=1S/C22H20N2O4/c1-15-7-2-3-9-17(15)28-22-16(8-6-12-23-22)13-24-21(25)20-14-26-18-10-4-5-11-19(18)27-20/h2-12,20H,13-14H2,1H3,(H,24,25)/t20-/m0/s1. The van der Waals surface area contributed by atoms with Crippen molar-refractivity contribution in [3.05, 3.63) is 78.0 Å². The summed E-state index contributed by atoms with van der Waals surface area (Å²) in [5.41, 5.74) is 1.78. The van der Waals surface area contributed by atoms with Crippen molar-refractivity contribution in [3.63, 3.8) is 0 Å². The van der Waals surface area contributed by atoms with Crippen LogP contribution in [0.3, 0.4) is 0 Å². The number of pyridine rings is 1. The molecule has 0 aliphatic carbocycles. The van der Waals surface area contributed by atoms with Gasteiger partial charge in [-0.2, -0.15) is 0 Å². The number of amides is 1. The van der Waals surface area contributed by atoms with Crippen LogP contribution in [0.25, 0.3) is 0 Å². The summed E-state index contributed by atoms with van der Waals surface area (Å²) in [5.74, 6) is 2.16. The summed E-state index contributed by atoms with van der Waals surface area (Å²) in [6.07, 6.45) is 0.959. The molecule has 0 saturated heterocycles. The lowest BCUT2D eigenvalue weighted by Crippen LogP contribution is -2.43. The molecule has 0 bridgehead atoms. The molecule has 1 aromatic heterocycles. The predicted octanol–water partition coefficient (Wildman–Crippen LogP) is 3.64. The summed E-state index contributed by atoms with van der Waals surface area (Å²) in [7, 11) is 0. The number of fused-ring (bicyclic) bond motifs is 1. The van der Waals surface area contributed by atoms with Crippen LogP contribution in [0.1, 0.15) is 11.1 Å². The van der Waals surface area contributed by atoms with Crippen LogP contribution in [-0.4, -0.2) is 23.6 Å². The molecule has 0 spiro atoms. The smallest absolute Gasteiger partial charge is 0.264 e. The average molecular weight is 376 g/mol. The second-order valence-corrected chi connectivity index (χ2v) is 6.42. The molecule has 0 saturated carbocycles. The molecule has 2 aromatic carbocycles. The fourth-order valence-electron chi connectivity index (χ4n) is 2.87. The van der Waals surface area contributed by atoms with Gasteiger partial charge in [-0.1, -0.05) is 36.4 Å². The normalized spacial score (nSPS) is 15.0. The van der Waals surface area contributed by atoms with Gasteiger partial charge in [0, 0.05) is 18.3 Å². The van der Waals surface area contributed by atoms with E-state index in [1.807, 2.05) is 61.5 Å². The van der Waals surface area contributed by atoms with Crippen LogP contribution in [0.4, 0.5) is 0 Å². The van der Waals surface area contributed by atoms with Crippen molar-refractivity contribution < 1.29 is 19.0 Å². The molecule has 0 fully saturated rings. The average Bonchev–Trinajstić information content (AvgIpc) is 2.74. The van der Waals surface area contributed by atoms with E-state index in [1.54, 1.807) is 12.3 Å². The number of rotatable bonds is 5. The van der Waals surface area contributed by atoms with E-state index in [2.05, 4.69) is 10.3 Å². The first kappa shape index (κ1) is 17.9. The first-order chi connectivity index (χ1) is 13.7. The number of aromatic nitrogens is 1. The Morgan fingerprint density at radius 3 is 2.75 bits per heavy atom. The van der Waals surface area contributed by atoms with Crippen LogP contribution in [0, 0.1) is 6.92 Å². The van der Waals surface area contributed by atoms with Crippen LogP contribution in [0.5, 0.6) is 23.1 Å². The monoisotopic (exact) mass is 376 g/mol. The SMILES string of the molecule is Cc1ccccc1Oc1ncccc1CNC(=O)[C@@H]1COc2ccccc2O1. The molecule has 6 heteroatoms. The minimum Gasteiger partial charge on any atom is -0.485 e. The summed E-state index contributed by atoms with van der Waals surface area (Å²) in [5, 5.41) is 2.88. The van der Waals surface area contributed by atoms with E-state index in [0.717, 1.165) is 16.9 Å². The molecule has 4 rings (SSSR count). The minimum absolute atomic E-state index is 0.169. The Labute approximate surface area is 163 Å². The third-order valence-electron chi connectivity index (χ3n) is 4.40. The van der Waals surface area contributed by atoms with Crippen molar-refractivity contribution in [2.45, 2.75) is 19.6 Å². The molecule has 1 amide bonds. The molecule has 1 atom stereocenters. The third-order valence-corrected chi connectivity index (χ3v) is 4.40. The summed E-state index contributed by atoms with van der Waals surface area (Å²) >= 11 is 0. The van der Waals surface area contributed by atoms with Crippen molar-refractivity contribution in [2.75, 3.05) is 6.61 Å². The van der Waals surface area contributed by atoms with Gasteiger partial charge in [0.1, 0.15) is 12.4 Å². The highest BCUT2D eigenvalue weighted by Crippen LogP contribution is 2.31. The maximum atomic E-state index is 12.5. The number of hydrogen-bond acceptors (Lipinski definition) is 5. The van der Waals surface area contributed by atoms with E-state index in [4.69, 9.17) is 14.2 Å². The molecule has 0 unspecified atom stereocenters. The van der Waals surface area contributed by atoms with E-state index in [0.29, 0.717) is 17.4 Å². The topological polar surface area (TPSA) is 69.7 Å². The van der Waals surface area contributed by atoms with E-state index in [9.17, 15) is 4.79 Å². The second kappa shape index (κ2) is 8.00. The largest absolute Gasteiger partial charge is 0.485 e. The van der Waals surface area contributed by atoms with Crippen molar-refractivity contribution in [3.8, 4) is 23.1 Å². The van der Waals surface area contributed by atoms with Crippen LogP contribution < -0.4 is 19.5 Å². The van der Waals surface area contributed by atoms with Gasteiger partial charge in [-0.3, -0.25) is 4.79 Å². The van der Waals surface area contributed by atoms with Gasteiger partial charge >= 0.3 is 0 Å². The van der Waals surface area contributed by atoms with Crippen molar-refractivity contribution >= 4 is 5.91 Å². The lowest BCUT2D eigenvalue weighted by molar-refractivity contribution is -0.130. The van der Waals surface area contributed by atoms with Crippen molar-refractivity contribution in [1.29, 1.82) is 0 Å². The highest BCUT2D eigenvalue weighted by molar-refractivity contribution is 5.81. The van der Waals surface area contributed by atoms with Gasteiger partial charge in [-0.25, -0.2) is 4.98 Å². The van der Waals surface area contributed by atoms with E-state index in [1.165, 1.54) is 0 Å². The Kier molecular flexibility index (Phi) is 5.10. The van der Waals surface area contributed by atoms with Gasteiger partial charge in [0.25, 0.3) is 5.91 Å². The molecule has 28 heavy (non-hydrogen) atoms. The number of para-hydroxylation sites is 3. The number of nitrogens with zero attached hydrogens (tertiary/aromatic N) is 1. The first-order valence-electron chi connectivity index (χ1n) is 9.04. The number of nitrogens with one attached hydrogen (secondary N) is 1. The molecule has 0 radical (unpaired) electrons. The molecule has 3 aromatic rings. The Balaban J connectivity index is 1.41. The Morgan fingerprint density at radius 1 is 1.11 bits per heavy atom. The lowest BCUT2D eigenvalue weighted by Gasteiger charge is -2.25. The van der Waals surface area contributed by atoms with Crippen molar-refractivity contribution in [2.24, 2.45) is 0 Å². The molecule has 142 valence electrons. The number of carbonyl (C=O) groups excluding carboxylic acids is 1. The maximum absolute atomic E-state index is 12.5. The number of aryl methyl sites for hydroxylation is 1. The maximum Gasteiger partial charge on any atom is 0.264 e. The lowest BCUT2D eigenvalue weighted by atomic mass is 10.2. The fourth-order valence-corrected chi connectivity index (χ4v) is 2.87. The van der Waals surface area contributed by atoms with Gasteiger partial charge in [-0.15, -0.1) is 0 Å². The molecule has 1 N–H and O–H groups in total. The summed E-state index contributed by atoms with van der Waals surface area (Å²) in [4.78, 5) is 16.8. The molecular formula is C22H20N2O4. The van der Waals surface area contributed by atoms with Crippen LogP contribution in [0.2, 0.25) is 0 Å². The molecule has 1 aliphatic heterocycles. The molecule has 2 heterocycles. The zero-order chi connectivity index (χ0) is 19.3. The Hall–Kier alpha value is -3.54. The molecule has 1 aliphatic rings. The first-order valence-corrected chi connectivity index (χ1v) is 9.04. The molecular weight excluding hydrogens is 356 g/mol.